The summed E-state index contributed by atoms with van der Waals surface area (Å²) in [7, 11) is -2.02. The molecule has 0 saturated carbocycles. The van der Waals surface area contributed by atoms with Gasteiger partial charge in [0, 0.05) is 19.3 Å². The minimum absolute atomic E-state index is 0.0819. The first kappa shape index (κ1) is 21.4. The largest absolute Gasteiger partial charge is 0.407 e. The van der Waals surface area contributed by atoms with Crippen molar-refractivity contribution in [1.29, 1.82) is 0 Å². The minimum Gasteiger partial charge on any atom is -0.407 e. The van der Waals surface area contributed by atoms with E-state index in [4.69, 9.17) is 20.8 Å². The molecule has 1 saturated heterocycles. The monoisotopic (exact) mass is 426 g/mol. The molecule has 0 N–H and O–H groups in total. The Morgan fingerprint density at radius 1 is 1.29 bits per heavy atom. The number of rotatable bonds is 3. The second-order valence-electron chi connectivity index (χ2n) is 9.11. The highest BCUT2D eigenvalue weighted by Gasteiger charge is 2.44. The maximum atomic E-state index is 14.4. The average Bonchev–Trinajstić information content (AvgIpc) is 2.78. The highest BCUT2D eigenvalue weighted by atomic mass is 35.5. The van der Waals surface area contributed by atoms with Crippen LogP contribution in [0.2, 0.25) is 23.3 Å². The lowest BCUT2D eigenvalue weighted by atomic mass is 10.1. The Bertz CT molecular complexity index is 877. The Hall–Kier alpha value is -1.35. The number of hydrogen-bond donors (Lipinski definition) is 0. The molecule has 154 valence electrons. The molecule has 3 heterocycles. The Kier molecular flexibility index (Phi) is 5.70. The van der Waals surface area contributed by atoms with Gasteiger partial charge < -0.3 is 14.1 Å². The van der Waals surface area contributed by atoms with E-state index in [1.165, 1.54) is 12.5 Å². The molecule has 9 heteroatoms. The predicted molar refractivity (Wildman–Crippen MR) is 112 cm³/mol. The van der Waals surface area contributed by atoms with Crippen LogP contribution in [0.4, 0.5) is 10.2 Å². The Morgan fingerprint density at radius 3 is 2.68 bits per heavy atom. The lowest BCUT2D eigenvalue weighted by Crippen LogP contribution is -2.54. The summed E-state index contributed by atoms with van der Waals surface area (Å²) in [6, 6.07) is 0. The molecule has 0 bridgehead atoms. The van der Waals surface area contributed by atoms with E-state index in [0.717, 1.165) is 0 Å². The third-order valence-electron chi connectivity index (χ3n) is 5.60. The molecular weight excluding hydrogens is 399 g/mol. The number of halogens is 2. The number of nitrogens with zero attached hydrogens (tertiary/aromatic N) is 4. The molecular formula is C19H28ClFN4O2Si. The Labute approximate surface area is 171 Å². The zero-order valence-electron chi connectivity index (χ0n) is 17.3. The van der Waals surface area contributed by atoms with Gasteiger partial charge in [-0.05, 0) is 25.1 Å². The van der Waals surface area contributed by atoms with Gasteiger partial charge in [0.25, 0.3) is 0 Å². The summed E-state index contributed by atoms with van der Waals surface area (Å²) >= 11 is 5.82. The molecule has 0 amide bonds. The van der Waals surface area contributed by atoms with E-state index >= 15 is 0 Å². The Balaban J connectivity index is 1.97. The maximum absolute atomic E-state index is 14.4. The van der Waals surface area contributed by atoms with Gasteiger partial charge in [-0.3, -0.25) is 0 Å². The number of pyridine rings is 1. The third-order valence-corrected chi connectivity index (χ3v) is 10.5. The molecule has 0 aromatic carbocycles. The van der Waals surface area contributed by atoms with Crippen molar-refractivity contribution >= 4 is 36.6 Å². The molecule has 1 aliphatic rings. The highest BCUT2D eigenvalue weighted by Crippen LogP contribution is 2.40. The van der Waals surface area contributed by atoms with E-state index in [1.54, 1.807) is 0 Å². The molecule has 0 aliphatic carbocycles. The van der Waals surface area contributed by atoms with Gasteiger partial charge in [-0.2, -0.15) is 0 Å². The quantitative estimate of drug-likeness (QED) is 0.534. The van der Waals surface area contributed by atoms with Crippen LogP contribution in [0, 0.1) is 5.82 Å². The first-order chi connectivity index (χ1) is 12.9. The van der Waals surface area contributed by atoms with E-state index in [-0.39, 0.29) is 15.7 Å². The number of ether oxygens (including phenoxy) is 1. The fourth-order valence-corrected chi connectivity index (χ4v) is 5.01. The fourth-order valence-electron chi connectivity index (χ4n) is 3.21. The van der Waals surface area contributed by atoms with E-state index in [2.05, 4.69) is 60.6 Å². The van der Waals surface area contributed by atoms with Gasteiger partial charge in [0.2, 0.25) is 0 Å². The average molecular weight is 427 g/mol. The second-order valence-corrected chi connectivity index (χ2v) is 14.2. The number of anilines is 1. The first-order valence-corrected chi connectivity index (χ1v) is 12.7. The van der Waals surface area contributed by atoms with Crippen LogP contribution < -0.4 is 4.90 Å². The zero-order chi connectivity index (χ0) is 20.7. The first-order valence-electron chi connectivity index (χ1n) is 9.41. The number of hydrogen-bond acceptors (Lipinski definition) is 6. The van der Waals surface area contributed by atoms with Crippen molar-refractivity contribution in [2.75, 3.05) is 31.2 Å². The van der Waals surface area contributed by atoms with Crippen molar-refractivity contribution in [3.8, 4) is 0 Å². The van der Waals surface area contributed by atoms with E-state index in [9.17, 15) is 4.39 Å². The lowest BCUT2D eigenvalue weighted by Gasteiger charge is -2.44. The molecule has 1 aliphatic heterocycles. The summed E-state index contributed by atoms with van der Waals surface area (Å²) in [5.41, 5.74) is -0.336. The van der Waals surface area contributed by atoms with Crippen LogP contribution in [-0.4, -0.2) is 55.2 Å². The van der Waals surface area contributed by atoms with Crippen LogP contribution in [0.1, 0.15) is 27.7 Å². The van der Waals surface area contributed by atoms with Gasteiger partial charge in [0.15, 0.2) is 19.3 Å². The summed E-state index contributed by atoms with van der Waals surface area (Å²) in [6.45, 7) is 15.4. The highest BCUT2D eigenvalue weighted by molar-refractivity contribution is 6.74. The summed E-state index contributed by atoms with van der Waals surface area (Å²) in [5, 5.41) is 0.418. The summed E-state index contributed by atoms with van der Waals surface area (Å²) in [4.78, 5) is 14.5. The zero-order valence-corrected chi connectivity index (χ0v) is 19.1. The third kappa shape index (κ3) is 4.15. The molecule has 1 fully saturated rings. The van der Waals surface area contributed by atoms with Crippen LogP contribution in [0.3, 0.4) is 0 Å². The smallest absolute Gasteiger partial charge is 0.193 e. The fraction of sp³-hybridized carbons (Fsp3) is 0.632. The van der Waals surface area contributed by atoms with Crippen molar-refractivity contribution in [3.63, 3.8) is 0 Å². The van der Waals surface area contributed by atoms with E-state index in [0.29, 0.717) is 37.5 Å². The van der Waals surface area contributed by atoms with E-state index < -0.39 is 19.7 Å². The summed E-state index contributed by atoms with van der Waals surface area (Å²) in [5.74, 6) is -0.0159. The van der Waals surface area contributed by atoms with Gasteiger partial charge in [-0.1, -0.05) is 32.4 Å². The van der Waals surface area contributed by atoms with Crippen LogP contribution >= 0.6 is 11.6 Å². The van der Waals surface area contributed by atoms with Crippen molar-refractivity contribution in [2.45, 2.75) is 51.4 Å². The van der Waals surface area contributed by atoms with Crippen molar-refractivity contribution in [2.24, 2.45) is 0 Å². The van der Waals surface area contributed by atoms with Crippen molar-refractivity contribution < 1.29 is 13.6 Å². The number of fused-ring (bicyclic) bond motifs is 1. The maximum Gasteiger partial charge on any atom is 0.193 e. The Morgan fingerprint density at radius 2 is 2.00 bits per heavy atom. The van der Waals surface area contributed by atoms with Gasteiger partial charge in [0.05, 0.1) is 24.2 Å². The topological polar surface area (TPSA) is 60.4 Å². The molecule has 2 aromatic rings. The normalized spacial score (nSPS) is 21.8. The minimum atomic E-state index is -2.02. The SMILES string of the molecule is CC(C)(C)[Si](C)(C)O[C@]1(C)COCCN(c2ncnc3c(F)c(Cl)ncc23)C1. The summed E-state index contributed by atoms with van der Waals surface area (Å²) in [6.07, 6.45) is 2.88. The molecule has 1 atom stereocenters. The van der Waals surface area contributed by atoms with Crippen LogP contribution in [0.25, 0.3) is 10.9 Å². The lowest BCUT2D eigenvalue weighted by molar-refractivity contribution is -0.00295. The molecule has 0 radical (unpaired) electrons. The van der Waals surface area contributed by atoms with Crippen LogP contribution in [0.5, 0.6) is 0 Å². The molecule has 28 heavy (non-hydrogen) atoms. The second kappa shape index (κ2) is 7.48. The standard InChI is InChI=1S/C19H28ClFN4O2Si/c1-18(2,3)28(5,6)27-19(4)10-25(7-8-26-11-19)17-13-9-22-16(20)14(21)15(13)23-12-24-17/h9,12H,7-8,10-11H2,1-6H3/t19-/m0/s1. The molecule has 0 unspecified atom stereocenters. The molecule has 6 nitrogen and oxygen atoms in total. The van der Waals surface area contributed by atoms with Crippen molar-refractivity contribution in [3.05, 3.63) is 23.5 Å². The van der Waals surface area contributed by atoms with Gasteiger partial charge >= 0.3 is 0 Å². The van der Waals surface area contributed by atoms with Crippen LogP contribution in [-0.2, 0) is 9.16 Å². The van der Waals surface area contributed by atoms with Gasteiger partial charge in [-0.25, -0.2) is 19.3 Å². The van der Waals surface area contributed by atoms with Gasteiger partial charge in [-0.15, -0.1) is 0 Å². The molecule has 2 aromatic heterocycles. The van der Waals surface area contributed by atoms with Gasteiger partial charge in [0.1, 0.15) is 17.7 Å². The summed E-state index contributed by atoms with van der Waals surface area (Å²) < 4.78 is 27.0. The molecule has 3 rings (SSSR count). The molecule has 0 spiro atoms. The van der Waals surface area contributed by atoms with E-state index in [1.807, 2.05) is 0 Å². The number of aromatic nitrogens is 3. The van der Waals surface area contributed by atoms with Crippen LogP contribution in [0.15, 0.2) is 12.5 Å². The van der Waals surface area contributed by atoms with Crippen molar-refractivity contribution in [1.82, 2.24) is 15.0 Å². The predicted octanol–water partition coefficient (Wildman–Crippen LogP) is 4.43.